The van der Waals surface area contributed by atoms with Crippen molar-refractivity contribution in [2.24, 2.45) is 5.73 Å². The van der Waals surface area contributed by atoms with E-state index in [1.807, 2.05) is 13.0 Å². The third-order valence-corrected chi connectivity index (χ3v) is 5.06. The van der Waals surface area contributed by atoms with Crippen LogP contribution in [0.1, 0.15) is 40.5 Å². The van der Waals surface area contributed by atoms with Gasteiger partial charge < -0.3 is 20.3 Å². The quantitative estimate of drug-likeness (QED) is 0.704. The number of aromatic nitrogens is 2. The van der Waals surface area contributed by atoms with E-state index in [9.17, 15) is 15.2 Å². The Hall–Kier alpha value is -3.70. The number of ether oxygens (including phenoxy) is 2. The molecule has 0 saturated heterocycles. The second-order valence-corrected chi connectivity index (χ2v) is 6.94. The Kier molecular flexibility index (Phi) is 6.68. The summed E-state index contributed by atoms with van der Waals surface area (Å²) in [6.45, 7) is 3.63. The third kappa shape index (κ3) is 4.27. The van der Waals surface area contributed by atoms with Crippen LogP contribution in [0.5, 0.6) is 5.88 Å². The molecular formula is C23H24N4O4. The number of aryl methyl sites for hydroxylation is 1. The third-order valence-electron chi connectivity index (χ3n) is 5.06. The van der Waals surface area contributed by atoms with Gasteiger partial charge in [-0.3, -0.25) is 9.78 Å². The van der Waals surface area contributed by atoms with Gasteiger partial charge in [0, 0.05) is 18.2 Å². The largest absolute Gasteiger partial charge is 0.496 e. The minimum atomic E-state index is -0.619. The van der Waals surface area contributed by atoms with E-state index in [4.69, 9.17) is 15.2 Å². The predicted molar refractivity (Wildman–Crippen MR) is 115 cm³/mol. The van der Waals surface area contributed by atoms with Gasteiger partial charge in [-0.2, -0.15) is 5.26 Å². The van der Waals surface area contributed by atoms with E-state index in [2.05, 4.69) is 16.0 Å². The van der Waals surface area contributed by atoms with Crippen molar-refractivity contribution < 1.29 is 19.4 Å². The number of nitriles is 1. The molecule has 160 valence electrons. The van der Waals surface area contributed by atoms with Crippen LogP contribution in [-0.2, 0) is 17.8 Å². The number of rotatable bonds is 7. The fraction of sp³-hybridized carbons (Fsp3) is 0.304. The van der Waals surface area contributed by atoms with Crippen molar-refractivity contribution >= 4 is 16.8 Å². The van der Waals surface area contributed by atoms with E-state index < -0.39 is 5.91 Å². The number of hydrogen-bond acceptors (Lipinski definition) is 7. The van der Waals surface area contributed by atoms with Gasteiger partial charge in [-0.15, -0.1) is 0 Å². The minimum Gasteiger partial charge on any atom is -0.496 e. The fourth-order valence-corrected chi connectivity index (χ4v) is 3.70. The number of primary amides is 1. The normalized spacial score (nSPS) is 13.6. The Labute approximate surface area is 180 Å². The van der Waals surface area contributed by atoms with Crippen molar-refractivity contribution in [3.63, 3.8) is 0 Å². The van der Waals surface area contributed by atoms with E-state index in [0.717, 1.165) is 5.57 Å². The molecule has 0 saturated carbocycles. The Morgan fingerprint density at radius 2 is 2.16 bits per heavy atom. The minimum absolute atomic E-state index is 0.265. The second-order valence-electron chi connectivity index (χ2n) is 6.94. The number of hydrogen-bond donors (Lipinski definition) is 2. The number of amides is 1. The van der Waals surface area contributed by atoms with Crippen LogP contribution in [0.3, 0.4) is 0 Å². The first-order chi connectivity index (χ1) is 14.9. The zero-order valence-corrected chi connectivity index (χ0v) is 17.7. The Morgan fingerprint density at radius 3 is 2.77 bits per heavy atom. The number of pyridine rings is 2. The van der Waals surface area contributed by atoms with E-state index >= 15 is 0 Å². The molecule has 0 unspecified atom stereocenters. The monoisotopic (exact) mass is 420 g/mol. The summed E-state index contributed by atoms with van der Waals surface area (Å²) in [6.07, 6.45) is 7.74. The zero-order valence-electron chi connectivity index (χ0n) is 17.7. The highest BCUT2D eigenvalue weighted by molar-refractivity contribution is 6.02. The summed E-state index contributed by atoms with van der Waals surface area (Å²) in [5.74, 6) is 0.215. The molecule has 3 rings (SSSR count). The number of carbonyl (C=O) groups is 1. The number of nitrogens with zero attached hydrogens (tertiary/aromatic N) is 3. The molecule has 1 aliphatic carbocycles. The lowest BCUT2D eigenvalue weighted by Gasteiger charge is -2.19. The first-order valence-electron chi connectivity index (χ1n) is 9.84. The number of aliphatic hydroxyl groups is 1. The lowest BCUT2D eigenvalue weighted by Crippen LogP contribution is -2.18. The smallest absolute Gasteiger partial charge is 0.250 e. The summed E-state index contributed by atoms with van der Waals surface area (Å²) in [7, 11) is 1.53. The van der Waals surface area contributed by atoms with Crippen LogP contribution in [0.25, 0.3) is 10.9 Å². The highest BCUT2D eigenvalue weighted by Gasteiger charge is 2.24. The molecule has 8 nitrogen and oxygen atoms in total. The first kappa shape index (κ1) is 22.0. The van der Waals surface area contributed by atoms with Crippen molar-refractivity contribution in [2.75, 3.05) is 13.7 Å². The topological polar surface area (TPSA) is 131 Å². The van der Waals surface area contributed by atoms with Gasteiger partial charge in [0.1, 0.15) is 5.76 Å². The molecule has 0 bridgehead atoms. The maximum Gasteiger partial charge on any atom is 0.250 e. The van der Waals surface area contributed by atoms with E-state index in [1.54, 1.807) is 19.1 Å². The van der Waals surface area contributed by atoms with Gasteiger partial charge in [-0.1, -0.05) is 12.2 Å². The SMILES string of the molecule is CCOc1ncc(CO)c2nc(C)c(C(N)=O)c(CC3=CCC=C(C#N)C=C3OC)c12. The van der Waals surface area contributed by atoms with E-state index in [1.165, 1.54) is 13.3 Å². The molecule has 3 N–H and O–H groups in total. The molecule has 0 fully saturated rings. The summed E-state index contributed by atoms with van der Waals surface area (Å²) in [6, 6.07) is 2.13. The van der Waals surface area contributed by atoms with Gasteiger partial charge in [0.2, 0.25) is 5.88 Å². The molecule has 1 aliphatic rings. The van der Waals surface area contributed by atoms with Crippen LogP contribution < -0.4 is 10.5 Å². The fourth-order valence-electron chi connectivity index (χ4n) is 3.70. The van der Waals surface area contributed by atoms with Crippen molar-refractivity contribution in [1.82, 2.24) is 9.97 Å². The summed E-state index contributed by atoms with van der Waals surface area (Å²) >= 11 is 0. The summed E-state index contributed by atoms with van der Waals surface area (Å²) < 4.78 is 11.3. The number of carbonyl (C=O) groups excluding carboxylic acids is 1. The molecule has 0 aromatic carbocycles. The molecule has 8 heteroatoms. The van der Waals surface area contributed by atoms with Crippen LogP contribution in [0.4, 0.5) is 0 Å². The average molecular weight is 420 g/mol. The Morgan fingerprint density at radius 1 is 1.39 bits per heavy atom. The van der Waals surface area contributed by atoms with Gasteiger partial charge >= 0.3 is 0 Å². The maximum atomic E-state index is 12.4. The van der Waals surface area contributed by atoms with Gasteiger partial charge in [-0.25, -0.2) is 4.98 Å². The van der Waals surface area contributed by atoms with Gasteiger partial charge in [-0.05, 0) is 37.5 Å². The van der Waals surface area contributed by atoms with Crippen LogP contribution >= 0.6 is 0 Å². The molecule has 0 spiro atoms. The van der Waals surface area contributed by atoms with Crippen LogP contribution in [-0.4, -0.2) is 34.7 Å². The molecule has 1 amide bonds. The van der Waals surface area contributed by atoms with Crippen molar-refractivity contribution in [1.29, 1.82) is 5.26 Å². The number of nitrogens with two attached hydrogens (primary N) is 1. The van der Waals surface area contributed by atoms with Gasteiger partial charge in [0.25, 0.3) is 5.91 Å². The van der Waals surface area contributed by atoms with Crippen molar-refractivity contribution in [2.45, 2.75) is 33.3 Å². The number of fused-ring (bicyclic) bond motifs is 1. The van der Waals surface area contributed by atoms with Crippen LogP contribution in [0.15, 0.2) is 41.3 Å². The molecule has 0 radical (unpaired) electrons. The molecule has 0 atom stereocenters. The summed E-state index contributed by atoms with van der Waals surface area (Å²) in [5, 5.41) is 19.6. The molecular weight excluding hydrogens is 396 g/mol. The van der Waals surface area contributed by atoms with Crippen molar-refractivity contribution in [3.05, 3.63) is 63.7 Å². The molecule has 2 heterocycles. The molecule has 0 aliphatic heterocycles. The van der Waals surface area contributed by atoms with Gasteiger partial charge in [0.05, 0.1) is 54.1 Å². The average Bonchev–Trinajstić information content (AvgIpc) is 2.95. The first-order valence-corrected chi connectivity index (χ1v) is 9.84. The zero-order chi connectivity index (χ0) is 22.5. The Bertz CT molecular complexity index is 1170. The Balaban J connectivity index is 2.32. The van der Waals surface area contributed by atoms with Crippen LogP contribution in [0, 0.1) is 18.3 Å². The summed E-state index contributed by atoms with van der Waals surface area (Å²) in [5.41, 5.74) is 9.37. The van der Waals surface area contributed by atoms with Crippen LogP contribution in [0.2, 0.25) is 0 Å². The highest BCUT2D eigenvalue weighted by Crippen LogP contribution is 2.35. The van der Waals surface area contributed by atoms with Gasteiger partial charge in [0.15, 0.2) is 0 Å². The van der Waals surface area contributed by atoms with Crippen molar-refractivity contribution in [3.8, 4) is 11.9 Å². The number of allylic oxidation sites excluding steroid dienone is 5. The summed E-state index contributed by atoms with van der Waals surface area (Å²) in [4.78, 5) is 21.3. The molecule has 2 aromatic heterocycles. The number of methoxy groups -OCH3 is 1. The predicted octanol–water partition coefficient (Wildman–Crippen LogP) is 2.78. The molecule has 2 aromatic rings. The lowest BCUT2D eigenvalue weighted by molar-refractivity contribution is 0.0998. The maximum absolute atomic E-state index is 12.4. The van der Waals surface area contributed by atoms with E-state index in [0.29, 0.717) is 58.0 Å². The highest BCUT2D eigenvalue weighted by atomic mass is 16.5. The molecule has 31 heavy (non-hydrogen) atoms. The second kappa shape index (κ2) is 9.41. The number of aliphatic hydroxyl groups excluding tert-OH is 1. The standard InChI is InChI=1S/C23H24N4O4/c1-4-31-23-20-17(9-15-7-5-6-14(10-24)8-18(15)30-3)19(22(25)29)13(2)27-21(20)16(12-28)11-26-23/h6-8,11,28H,4-5,9,12H2,1-3H3,(H2,25,29). The lowest BCUT2D eigenvalue weighted by atomic mass is 9.92. The van der Waals surface area contributed by atoms with E-state index in [-0.39, 0.29) is 18.6 Å².